The molecule has 1 amide bonds. The summed E-state index contributed by atoms with van der Waals surface area (Å²) in [6.07, 6.45) is 0. The molecule has 2 aromatic carbocycles. The third-order valence-corrected chi connectivity index (χ3v) is 2.52. The van der Waals surface area contributed by atoms with Crippen molar-refractivity contribution in [2.24, 2.45) is 5.73 Å². The highest BCUT2D eigenvalue weighted by Gasteiger charge is 2.07. The number of aromatic carboxylic acids is 1. The zero-order chi connectivity index (χ0) is 16.9. The second-order valence-electron chi connectivity index (χ2n) is 4.13. The molecule has 0 heterocycles. The number of nitrogen functional groups attached to an aromatic ring is 2. The first-order valence-electron chi connectivity index (χ1n) is 5.85. The Hall–Kier alpha value is -3.16. The Labute approximate surface area is 124 Å². The maximum atomic E-state index is 12.4. The molecule has 0 bridgehead atoms. The SMILES string of the molecule is NC(=O)c1ccc(F)cc1N.Nc1cc(F)ccc1C(=O)O. The van der Waals surface area contributed by atoms with Gasteiger partial charge >= 0.3 is 5.97 Å². The molecule has 0 saturated heterocycles. The van der Waals surface area contributed by atoms with Gasteiger partial charge in [0.2, 0.25) is 0 Å². The van der Waals surface area contributed by atoms with Crippen LogP contribution >= 0.6 is 0 Å². The van der Waals surface area contributed by atoms with Crippen molar-refractivity contribution in [2.75, 3.05) is 11.5 Å². The zero-order valence-electron chi connectivity index (χ0n) is 11.2. The average molecular weight is 309 g/mol. The van der Waals surface area contributed by atoms with Crippen LogP contribution in [0.2, 0.25) is 0 Å². The van der Waals surface area contributed by atoms with Gasteiger partial charge in [-0.25, -0.2) is 13.6 Å². The highest BCUT2D eigenvalue weighted by Crippen LogP contribution is 2.13. The van der Waals surface area contributed by atoms with E-state index in [-0.39, 0.29) is 22.5 Å². The Morgan fingerprint density at radius 2 is 1.27 bits per heavy atom. The molecular formula is C14H13F2N3O3. The molecule has 0 fully saturated rings. The molecule has 0 spiro atoms. The van der Waals surface area contributed by atoms with Crippen molar-refractivity contribution >= 4 is 23.3 Å². The van der Waals surface area contributed by atoms with Gasteiger partial charge in [-0.2, -0.15) is 0 Å². The van der Waals surface area contributed by atoms with Gasteiger partial charge in [-0.1, -0.05) is 0 Å². The number of benzene rings is 2. The second-order valence-corrected chi connectivity index (χ2v) is 4.13. The number of nitrogens with two attached hydrogens (primary N) is 3. The largest absolute Gasteiger partial charge is 0.478 e. The van der Waals surface area contributed by atoms with E-state index in [0.717, 1.165) is 30.3 Å². The molecule has 7 N–H and O–H groups in total. The summed E-state index contributed by atoms with van der Waals surface area (Å²) in [5, 5.41) is 8.45. The van der Waals surface area contributed by atoms with Crippen molar-refractivity contribution in [2.45, 2.75) is 0 Å². The van der Waals surface area contributed by atoms with Crippen molar-refractivity contribution in [3.8, 4) is 0 Å². The lowest BCUT2D eigenvalue weighted by Gasteiger charge is -1.99. The topological polar surface area (TPSA) is 132 Å². The molecule has 6 nitrogen and oxygen atoms in total. The van der Waals surface area contributed by atoms with Gasteiger partial charge in [0.25, 0.3) is 5.91 Å². The number of rotatable bonds is 2. The fourth-order valence-electron chi connectivity index (χ4n) is 1.49. The van der Waals surface area contributed by atoms with Crippen LogP contribution in [0.3, 0.4) is 0 Å². The van der Waals surface area contributed by atoms with Gasteiger partial charge in [0.05, 0.1) is 11.1 Å². The number of carboxylic acid groups (broad SMARTS) is 1. The molecule has 22 heavy (non-hydrogen) atoms. The predicted octanol–water partition coefficient (Wildman–Crippen LogP) is 1.61. The Bertz CT molecular complexity index is 659. The van der Waals surface area contributed by atoms with E-state index in [2.05, 4.69) is 0 Å². The summed E-state index contributed by atoms with van der Waals surface area (Å²) in [7, 11) is 0. The average Bonchev–Trinajstić information content (AvgIpc) is 2.38. The number of anilines is 2. The van der Waals surface area contributed by atoms with E-state index >= 15 is 0 Å². The normalized spacial score (nSPS) is 9.55. The zero-order valence-corrected chi connectivity index (χ0v) is 11.2. The summed E-state index contributed by atoms with van der Waals surface area (Å²) >= 11 is 0. The van der Waals surface area contributed by atoms with E-state index in [9.17, 15) is 18.4 Å². The number of primary amides is 1. The molecule has 0 aromatic heterocycles. The van der Waals surface area contributed by atoms with Crippen molar-refractivity contribution in [1.29, 1.82) is 0 Å². The van der Waals surface area contributed by atoms with Crippen LogP contribution in [-0.4, -0.2) is 17.0 Å². The molecule has 8 heteroatoms. The molecule has 0 aliphatic heterocycles. The molecule has 0 unspecified atom stereocenters. The monoisotopic (exact) mass is 309 g/mol. The maximum absolute atomic E-state index is 12.4. The van der Waals surface area contributed by atoms with Crippen molar-refractivity contribution in [3.63, 3.8) is 0 Å². The van der Waals surface area contributed by atoms with Gasteiger partial charge in [-0.15, -0.1) is 0 Å². The maximum Gasteiger partial charge on any atom is 0.337 e. The van der Waals surface area contributed by atoms with Gasteiger partial charge in [0.15, 0.2) is 0 Å². The van der Waals surface area contributed by atoms with Crippen molar-refractivity contribution in [3.05, 3.63) is 59.2 Å². The fourth-order valence-corrected chi connectivity index (χ4v) is 1.49. The molecule has 0 atom stereocenters. The lowest BCUT2D eigenvalue weighted by molar-refractivity contribution is 0.0697. The summed E-state index contributed by atoms with van der Waals surface area (Å²) in [5.41, 5.74) is 15.5. The quantitative estimate of drug-likeness (QED) is 0.626. The minimum Gasteiger partial charge on any atom is -0.478 e. The first-order chi connectivity index (χ1) is 10.2. The lowest BCUT2D eigenvalue weighted by atomic mass is 10.2. The van der Waals surface area contributed by atoms with Gasteiger partial charge in [-0.05, 0) is 36.4 Å². The minimum atomic E-state index is -1.15. The van der Waals surface area contributed by atoms with E-state index in [1.54, 1.807) is 0 Å². The Balaban J connectivity index is 0.000000220. The summed E-state index contributed by atoms with van der Waals surface area (Å²) < 4.78 is 24.7. The van der Waals surface area contributed by atoms with Crippen LogP contribution in [0, 0.1) is 11.6 Å². The minimum absolute atomic E-state index is 0.0579. The molecule has 0 radical (unpaired) electrons. The summed E-state index contributed by atoms with van der Waals surface area (Å²) in [6.45, 7) is 0. The number of amides is 1. The van der Waals surface area contributed by atoms with Crippen LogP contribution in [0.4, 0.5) is 20.2 Å². The molecule has 0 aliphatic carbocycles. The third-order valence-electron chi connectivity index (χ3n) is 2.52. The number of carboxylic acids is 1. The Morgan fingerprint density at radius 3 is 1.59 bits per heavy atom. The number of carbonyl (C=O) groups excluding carboxylic acids is 1. The molecule has 0 saturated carbocycles. The second kappa shape index (κ2) is 7.02. The third kappa shape index (κ3) is 4.44. The van der Waals surface area contributed by atoms with E-state index in [4.69, 9.17) is 22.3 Å². The van der Waals surface area contributed by atoms with E-state index in [1.807, 2.05) is 0 Å². The molecule has 0 aliphatic rings. The van der Waals surface area contributed by atoms with Crippen LogP contribution in [0.15, 0.2) is 36.4 Å². The van der Waals surface area contributed by atoms with Crippen LogP contribution in [0.5, 0.6) is 0 Å². The van der Waals surface area contributed by atoms with E-state index in [0.29, 0.717) is 0 Å². The van der Waals surface area contributed by atoms with Crippen molar-refractivity contribution < 1.29 is 23.5 Å². The fraction of sp³-hybridized carbons (Fsp3) is 0. The van der Waals surface area contributed by atoms with Gasteiger partial charge in [-0.3, -0.25) is 4.79 Å². The molecule has 116 valence electrons. The van der Waals surface area contributed by atoms with E-state index < -0.39 is 23.5 Å². The molecule has 2 aromatic rings. The van der Waals surface area contributed by atoms with Crippen LogP contribution in [0.25, 0.3) is 0 Å². The van der Waals surface area contributed by atoms with E-state index in [1.165, 1.54) is 6.07 Å². The van der Waals surface area contributed by atoms with Crippen molar-refractivity contribution in [1.82, 2.24) is 0 Å². The van der Waals surface area contributed by atoms with Gasteiger partial charge in [0.1, 0.15) is 11.6 Å². The van der Waals surface area contributed by atoms with Gasteiger partial charge in [0, 0.05) is 11.4 Å². The van der Waals surface area contributed by atoms with Crippen LogP contribution < -0.4 is 17.2 Å². The number of hydrogen-bond acceptors (Lipinski definition) is 4. The smallest absolute Gasteiger partial charge is 0.337 e. The standard InChI is InChI=1S/C7H7FN2O.C7H6FNO2/c2*8-4-1-2-5(7(10)11)6(9)3-4/h1-3H,9H2,(H2,10,11);1-3H,9H2,(H,10,11). The highest BCUT2D eigenvalue weighted by atomic mass is 19.1. The number of carbonyl (C=O) groups is 2. The summed E-state index contributed by atoms with van der Waals surface area (Å²) in [4.78, 5) is 20.9. The molecule has 2 rings (SSSR count). The van der Waals surface area contributed by atoms with Crippen LogP contribution in [-0.2, 0) is 0 Å². The predicted molar refractivity (Wildman–Crippen MR) is 77.1 cm³/mol. The number of halogens is 2. The first kappa shape index (κ1) is 16.9. The summed E-state index contributed by atoms with van der Waals surface area (Å²) in [6, 6.07) is 6.61. The number of hydrogen-bond donors (Lipinski definition) is 4. The lowest BCUT2D eigenvalue weighted by Crippen LogP contribution is -2.13. The first-order valence-corrected chi connectivity index (χ1v) is 5.85. The Morgan fingerprint density at radius 1 is 0.864 bits per heavy atom. The summed E-state index contributed by atoms with van der Waals surface area (Å²) in [5.74, 6) is -2.81. The highest BCUT2D eigenvalue weighted by molar-refractivity contribution is 5.97. The van der Waals surface area contributed by atoms with Gasteiger partial charge < -0.3 is 22.3 Å². The van der Waals surface area contributed by atoms with Crippen LogP contribution in [0.1, 0.15) is 20.7 Å². The Kier molecular flexibility index (Phi) is 5.39. The molecular weight excluding hydrogens is 296 g/mol.